The highest BCUT2D eigenvalue weighted by molar-refractivity contribution is 9.10. The quantitative estimate of drug-likeness (QED) is 0.425. The molecule has 0 atom stereocenters. The van der Waals surface area contributed by atoms with Gasteiger partial charge in [-0.15, -0.1) is 0 Å². The summed E-state index contributed by atoms with van der Waals surface area (Å²) in [7, 11) is -3.25. The molecule has 0 aliphatic carbocycles. The van der Waals surface area contributed by atoms with E-state index in [0.29, 0.717) is 41.9 Å². The number of anilines is 1. The number of hydrogen-bond donors (Lipinski definition) is 1. The molecule has 1 aliphatic heterocycles. The number of piperidine rings is 1. The SMILES string of the molecule is CC(C)S(=O)(=O)N1CCC(c2nc3c(-c4cnc5ccccc5c4)cnn3c(N)c2Br)CC1. The molecular formula is C23H25BrN6O2S. The molecule has 1 aliphatic rings. The number of fused-ring (bicyclic) bond motifs is 2. The van der Waals surface area contributed by atoms with Crippen LogP contribution in [0.1, 0.15) is 38.3 Å². The summed E-state index contributed by atoms with van der Waals surface area (Å²) in [5.74, 6) is 0.579. The average Bonchev–Trinajstić information content (AvgIpc) is 3.25. The number of sulfonamides is 1. The Kier molecular flexibility index (Phi) is 5.62. The van der Waals surface area contributed by atoms with Crippen molar-refractivity contribution < 1.29 is 8.42 Å². The Morgan fingerprint density at radius 1 is 1.15 bits per heavy atom. The van der Waals surface area contributed by atoms with Crippen molar-refractivity contribution in [2.45, 2.75) is 37.9 Å². The normalized spacial score (nSPS) is 16.2. The number of nitrogens with two attached hydrogens (primary N) is 1. The van der Waals surface area contributed by atoms with Gasteiger partial charge in [-0.3, -0.25) is 4.98 Å². The Balaban J connectivity index is 1.53. The van der Waals surface area contributed by atoms with E-state index in [9.17, 15) is 8.42 Å². The fourth-order valence-corrected chi connectivity index (χ4v) is 6.28. The second kappa shape index (κ2) is 8.34. The van der Waals surface area contributed by atoms with Gasteiger partial charge in [0.05, 0.1) is 27.1 Å². The average molecular weight is 529 g/mol. The zero-order valence-corrected chi connectivity index (χ0v) is 20.8. The molecule has 8 nitrogen and oxygen atoms in total. The second-order valence-corrected chi connectivity index (χ2v) is 12.0. The third-order valence-electron chi connectivity index (χ3n) is 6.35. The van der Waals surface area contributed by atoms with Crippen LogP contribution in [0, 0.1) is 0 Å². The molecule has 1 saturated heterocycles. The van der Waals surface area contributed by atoms with E-state index in [4.69, 9.17) is 10.7 Å². The summed E-state index contributed by atoms with van der Waals surface area (Å²) in [6, 6.07) is 10.0. The van der Waals surface area contributed by atoms with Gasteiger partial charge in [-0.1, -0.05) is 18.2 Å². The van der Waals surface area contributed by atoms with E-state index >= 15 is 0 Å². The minimum Gasteiger partial charge on any atom is -0.383 e. The maximum Gasteiger partial charge on any atom is 0.216 e. The number of halogens is 1. The summed E-state index contributed by atoms with van der Waals surface area (Å²) < 4.78 is 29.0. The molecule has 2 N–H and O–H groups in total. The molecule has 3 aromatic heterocycles. The maximum absolute atomic E-state index is 12.5. The van der Waals surface area contributed by atoms with Crippen LogP contribution in [0.5, 0.6) is 0 Å². The van der Waals surface area contributed by atoms with Gasteiger partial charge in [0.2, 0.25) is 10.0 Å². The van der Waals surface area contributed by atoms with Crippen LogP contribution in [0.4, 0.5) is 5.82 Å². The van der Waals surface area contributed by atoms with Crippen LogP contribution in [0.3, 0.4) is 0 Å². The summed E-state index contributed by atoms with van der Waals surface area (Å²) >= 11 is 3.62. The Morgan fingerprint density at radius 3 is 2.61 bits per heavy atom. The van der Waals surface area contributed by atoms with Gasteiger partial charge in [-0.25, -0.2) is 17.7 Å². The van der Waals surface area contributed by atoms with Crippen LogP contribution in [-0.2, 0) is 10.0 Å². The first kappa shape index (κ1) is 22.2. The summed E-state index contributed by atoms with van der Waals surface area (Å²) in [5, 5.41) is 5.09. The molecule has 4 heterocycles. The molecule has 0 unspecified atom stereocenters. The number of aromatic nitrogens is 4. The highest BCUT2D eigenvalue weighted by Crippen LogP contribution is 2.37. The number of hydrogen-bond acceptors (Lipinski definition) is 6. The number of benzene rings is 1. The highest BCUT2D eigenvalue weighted by Gasteiger charge is 2.32. The zero-order valence-electron chi connectivity index (χ0n) is 18.4. The summed E-state index contributed by atoms with van der Waals surface area (Å²) in [4.78, 5) is 9.55. The van der Waals surface area contributed by atoms with Crippen molar-refractivity contribution in [3.05, 3.63) is 52.9 Å². The molecule has 0 amide bonds. The molecular weight excluding hydrogens is 504 g/mol. The predicted molar refractivity (Wildman–Crippen MR) is 133 cm³/mol. The Bertz CT molecular complexity index is 1460. The van der Waals surface area contributed by atoms with E-state index in [1.807, 2.05) is 30.5 Å². The summed E-state index contributed by atoms with van der Waals surface area (Å²) in [5.41, 5.74) is 10.6. The first-order valence-corrected chi connectivity index (χ1v) is 13.2. The van der Waals surface area contributed by atoms with E-state index in [2.05, 4.69) is 32.1 Å². The van der Waals surface area contributed by atoms with E-state index in [-0.39, 0.29) is 5.92 Å². The zero-order chi connectivity index (χ0) is 23.3. The van der Waals surface area contributed by atoms with Crippen molar-refractivity contribution in [3.8, 4) is 11.1 Å². The van der Waals surface area contributed by atoms with E-state index < -0.39 is 15.3 Å². The number of rotatable bonds is 4. The lowest BCUT2D eigenvalue weighted by molar-refractivity contribution is 0.314. The van der Waals surface area contributed by atoms with Crippen LogP contribution in [0.25, 0.3) is 27.7 Å². The molecule has 0 spiro atoms. The fraction of sp³-hybridized carbons (Fsp3) is 0.348. The lowest BCUT2D eigenvalue weighted by atomic mass is 9.94. The smallest absolute Gasteiger partial charge is 0.216 e. The van der Waals surface area contributed by atoms with Gasteiger partial charge >= 0.3 is 0 Å². The van der Waals surface area contributed by atoms with Crippen molar-refractivity contribution in [2.75, 3.05) is 18.8 Å². The van der Waals surface area contributed by atoms with E-state index in [1.54, 1.807) is 28.9 Å². The molecule has 33 heavy (non-hydrogen) atoms. The maximum atomic E-state index is 12.5. The minimum atomic E-state index is -3.25. The molecule has 0 radical (unpaired) electrons. The third kappa shape index (κ3) is 3.79. The Hall–Kier alpha value is -2.56. The van der Waals surface area contributed by atoms with Gasteiger partial charge < -0.3 is 5.73 Å². The Morgan fingerprint density at radius 2 is 1.88 bits per heavy atom. The molecule has 10 heteroatoms. The van der Waals surface area contributed by atoms with Crippen LogP contribution in [0.2, 0.25) is 0 Å². The monoisotopic (exact) mass is 528 g/mol. The van der Waals surface area contributed by atoms with Crippen molar-refractivity contribution >= 4 is 48.3 Å². The Labute approximate surface area is 201 Å². The van der Waals surface area contributed by atoms with Gasteiger partial charge in [0.25, 0.3) is 0 Å². The molecule has 0 bridgehead atoms. The molecule has 1 aromatic carbocycles. The number of nitrogen functional groups attached to an aromatic ring is 1. The van der Waals surface area contributed by atoms with E-state index in [0.717, 1.165) is 27.7 Å². The van der Waals surface area contributed by atoms with Crippen molar-refractivity contribution in [1.82, 2.24) is 23.9 Å². The lowest BCUT2D eigenvalue weighted by Gasteiger charge is -2.32. The lowest BCUT2D eigenvalue weighted by Crippen LogP contribution is -2.41. The van der Waals surface area contributed by atoms with Crippen molar-refractivity contribution in [1.29, 1.82) is 0 Å². The number of para-hydroxylation sites is 1. The second-order valence-electron chi connectivity index (χ2n) is 8.67. The van der Waals surface area contributed by atoms with Crippen LogP contribution in [0.15, 0.2) is 47.2 Å². The van der Waals surface area contributed by atoms with Gasteiger partial charge in [0, 0.05) is 41.7 Å². The molecule has 4 aromatic rings. The predicted octanol–water partition coefficient (Wildman–Crippen LogP) is 4.21. The summed E-state index contributed by atoms with van der Waals surface area (Å²) in [6.45, 7) is 4.39. The van der Waals surface area contributed by atoms with Crippen molar-refractivity contribution in [2.24, 2.45) is 0 Å². The summed E-state index contributed by atoms with van der Waals surface area (Å²) in [6.07, 6.45) is 4.97. The van der Waals surface area contributed by atoms with Crippen LogP contribution >= 0.6 is 15.9 Å². The third-order valence-corrected chi connectivity index (χ3v) is 9.43. The fourth-order valence-electron chi connectivity index (χ4n) is 4.39. The topological polar surface area (TPSA) is 106 Å². The van der Waals surface area contributed by atoms with Gasteiger partial charge in [0.1, 0.15) is 5.82 Å². The largest absolute Gasteiger partial charge is 0.383 e. The van der Waals surface area contributed by atoms with Crippen molar-refractivity contribution in [3.63, 3.8) is 0 Å². The molecule has 5 rings (SSSR count). The standard InChI is InChI=1S/C23H25BrN6O2S/c1-14(2)33(31,32)29-9-7-15(8-10-29)21-20(24)22(25)30-23(28-21)18(13-27-30)17-11-16-5-3-4-6-19(16)26-12-17/h3-6,11-15H,7-10,25H2,1-2H3. The molecule has 172 valence electrons. The van der Waals surface area contributed by atoms with Gasteiger partial charge in [-0.05, 0) is 54.8 Å². The van der Waals surface area contributed by atoms with Gasteiger partial charge in [0.15, 0.2) is 5.65 Å². The first-order chi connectivity index (χ1) is 15.8. The number of nitrogens with zero attached hydrogens (tertiary/aromatic N) is 5. The van der Waals surface area contributed by atoms with E-state index in [1.165, 1.54) is 0 Å². The molecule has 0 saturated carbocycles. The van der Waals surface area contributed by atoms with Crippen LogP contribution in [-0.4, -0.2) is 50.6 Å². The van der Waals surface area contributed by atoms with Gasteiger partial charge in [-0.2, -0.15) is 9.61 Å². The minimum absolute atomic E-state index is 0.0998. The first-order valence-electron chi connectivity index (χ1n) is 10.9. The van der Waals surface area contributed by atoms with Crippen LogP contribution < -0.4 is 5.73 Å². The number of pyridine rings is 1. The highest BCUT2D eigenvalue weighted by atomic mass is 79.9. The molecule has 1 fully saturated rings.